The fraction of sp³-hybridized carbons (Fsp3) is 0.0833. The highest BCUT2D eigenvalue weighted by Crippen LogP contribution is 2.08. The Balaban J connectivity index is 1.98. The van der Waals surface area contributed by atoms with Gasteiger partial charge in [-0.3, -0.25) is 9.97 Å². The van der Waals surface area contributed by atoms with Crippen LogP contribution in [0, 0.1) is 6.92 Å². The van der Waals surface area contributed by atoms with Gasteiger partial charge in [0.15, 0.2) is 0 Å². The van der Waals surface area contributed by atoms with E-state index in [1.165, 1.54) is 0 Å². The number of anilines is 2. The number of aromatic nitrogens is 2. The molecule has 5 heteroatoms. The molecular weight excluding hydrogens is 216 g/mol. The normalized spacial score (nSPS) is 9.71. The van der Waals surface area contributed by atoms with Crippen LogP contribution in [0.4, 0.5) is 16.2 Å². The summed E-state index contributed by atoms with van der Waals surface area (Å²) in [6, 6.07) is 6.75. The van der Waals surface area contributed by atoms with Gasteiger partial charge in [0, 0.05) is 23.8 Å². The van der Waals surface area contributed by atoms with Gasteiger partial charge in [-0.15, -0.1) is 0 Å². The first-order chi connectivity index (χ1) is 8.24. The maximum absolute atomic E-state index is 11.6. The van der Waals surface area contributed by atoms with Gasteiger partial charge in [-0.1, -0.05) is 0 Å². The van der Waals surface area contributed by atoms with Crippen molar-refractivity contribution in [2.75, 3.05) is 10.6 Å². The van der Waals surface area contributed by atoms with Gasteiger partial charge in [-0.05, 0) is 31.2 Å². The molecule has 0 fully saturated rings. The lowest BCUT2D eigenvalue weighted by molar-refractivity contribution is 0.262. The van der Waals surface area contributed by atoms with Crippen molar-refractivity contribution < 1.29 is 4.79 Å². The van der Waals surface area contributed by atoms with E-state index in [0.29, 0.717) is 11.4 Å². The summed E-state index contributed by atoms with van der Waals surface area (Å²) < 4.78 is 0. The number of aryl methyl sites for hydroxylation is 1. The standard InChI is InChI=1S/C12H12N4O/c1-9-7-10(4-6-14-9)15-12(17)16-11-3-2-5-13-8-11/h2-8H,1H3,(H2,14,15,16,17). The minimum atomic E-state index is -0.302. The summed E-state index contributed by atoms with van der Waals surface area (Å²) in [5, 5.41) is 5.39. The predicted octanol–water partition coefficient (Wildman–Crippen LogP) is 2.43. The van der Waals surface area contributed by atoms with Crippen molar-refractivity contribution in [3.8, 4) is 0 Å². The molecular formula is C12H12N4O. The molecule has 0 saturated carbocycles. The Morgan fingerprint density at radius 2 is 2.00 bits per heavy atom. The lowest BCUT2D eigenvalue weighted by Crippen LogP contribution is -2.19. The minimum Gasteiger partial charge on any atom is -0.308 e. The second-order valence-corrected chi connectivity index (χ2v) is 3.51. The molecule has 2 aromatic rings. The lowest BCUT2D eigenvalue weighted by Gasteiger charge is -2.07. The largest absolute Gasteiger partial charge is 0.323 e. The van der Waals surface area contributed by atoms with Gasteiger partial charge in [0.25, 0.3) is 0 Å². The summed E-state index contributed by atoms with van der Waals surface area (Å²) in [7, 11) is 0. The first-order valence-corrected chi connectivity index (χ1v) is 5.15. The van der Waals surface area contributed by atoms with Gasteiger partial charge in [0.1, 0.15) is 0 Å². The van der Waals surface area contributed by atoms with Gasteiger partial charge in [-0.2, -0.15) is 0 Å². The molecule has 0 aliphatic heterocycles. The quantitative estimate of drug-likeness (QED) is 0.829. The van der Waals surface area contributed by atoms with Crippen LogP contribution < -0.4 is 10.6 Å². The van der Waals surface area contributed by atoms with Crippen LogP contribution in [-0.4, -0.2) is 16.0 Å². The molecule has 0 bridgehead atoms. The van der Waals surface area contributed by atoms with E-state index in [4.69, 9.17) is 0 Å². The zero-order chi connectivity index (χ0) is 12.1. The number of pyridine rings is 2. The van der Waals surface area contributed by atoms with Crippen LogP contribution in [0.2, 0.25) is 0 Å². The summed E-state index contributed by atoms with van der Waals surface area (Å²) in [5.41, 5.74) is 2.21. The Bertz CT molecular complexity index is 513. The molecule has 0 aromatic carbocycles. The van der Waals surface area contributed by atoms with E-state index in [1.54, 1.807) is 42.9 Å². The molecule has 2 amide bonds. The number of carbonyl (C=O) groups excluding carboxylic acids is 1. The van der Waals surface area contributed by atoms with Gasteiger partial charge < -0.3 is 10.6 Å². The van der Waals surface area contributed by atoms with Crippen LogP contribution in [0.25, 0.3) is 0 Å². The Labute approximate surface area is 98.9 Å². The van der Waals surface area contributed by atoms with Crippen molar-refractivity contribution in [2.45, 2.75) is 6.92 Å². The first-order valence-electron chi connectivity index (χ1n) is 5.15. The molecule has 0 spiro atoms. The fourth-order valence-electron chi connectivity index (χ4n) is 1.35. The molecule has 2 rings (SSSR count). The number of hydrogen-bond acceptors (Lipinski definition) is 3. The summed E-state index contributed by atoms with van der Waals surface area (Å²) in [6.45, 7) is 1.87. The molecule has 0 unspecified atom stereocenters. The third-order valence-corrected chi connectivity index (χ3v) is 2.07. The van der Waals surface area contributed by atoms with E-state index in [9.17, 15) is 4.79 Å². The first kappa shape index (κ1) is 11.1. The SMILES string of the molecule is Cc1cc(NC(=O)Nc2cccnc2)ccn1. The minimum absolute atomic E-state index is 0.302. The molecule has 0 saturated heterocycles. The van der Waals surface area contributed by atoms with Gasteiger partial charge in [0.05, 0.1) is 11.9 Å². The average Bonchev–Trinajstić information content (AvgIpc) is 2.30. The zero-order valence-electron chi connectivity index (χ0n) is 9.34. The van der Waals surface area contributed by atoms with Crippen molar-refractivity contribution in [1.29, 1.82) is 0 Å². The number of carbonyl (C=O) groups is 1. The number of hydrogen-bond donors (Lipinski definition) is 2. The summed E-state index contributed by atoms with van der Waals surface area (Å²) in [5.74, 6) is 0. The Morgan fingerprint density at radius 1 is 1.18 bits per heavy atom. The van der Waals surface area contributed by atoms with Crippen molar-refractivity contribution in [1.82, 2.24) is 9.97 Å². The third-order valence-electron chi connectivity index (χ3n) is 2.07. The third kappa shape index (κ3) is 3.27. The monoisotopic (exact) mass is 228 g/mol. The average molecular weight is 228 g/mol. The molecule has 0 aliphatic rings. The molecule has 0 atom stereocenters. The number of nitrogens with zero attached hydrogens (tertiary/aromatic N) is 2. The second-order valence-electron chi connectivity index (χ2n) is 3.51. The van der Waals surface area contributed by atoms with Crippen molar-refractivity contribution in [3.63, 3.8) is 0 Å². The second kappa shape index (κ2) is 5.07. The number of amides is 2. The highest BCUT2D eigenvalue weighted by molar-refractivity contribution is 5.99. The molecule has 5 nitrogen and oxygen atoms in total. The van der Waals surface area contributed by atoms with Crippen LogP contribution in [0.5, 0.6) is 0 Å². The van der Waals surface area contributed by atoms with Crippen LogP contribution >= 0.6 is 0 Å². The highest BCUT2D eigenvalue weighted by atomic mass is 16.2. The van der Waals surface area contributed by atoms with E-state index in [0.717, 1.165) is 5.69 Å². The van der Waals surface area contributed by atoms with Crippen LogP contribution in [0.1, 0.15) is 5.69 Å². The van der Waals surface area contributed by atoms with E-state index < -0.39 is 0 Å². The zero-order valence-corrected chi connectivity index (χ0v) is 9.34. The van der Waals surface area contributed by atoms with E-state index in [1.807, 2.05) is 6.92 Å². The van der Waals surface area contributed by atoms with Crippen LogP contribution in [-0.2, 0) is 0 Å². The molecule has 0 radical (unpaired) electrons. The van der Waals surface area contributed by atoms with Crippen molar-refractivity contribution in [3.05, 3.63) is 48.5 Å². The van der Waals surface area contributed by atoms with E-state index >= 15 is 0 Å². The van der Waals surface area contributed by atoms with Gasteiger partial charge in [-0.25, -0.2) is 4.79 Å². The number of urea groups is 1. The summed E-state index contributed by atoms with van der Waals surface area (Å²) in [6.07, 6.45) is 4.88. The predicted molar refractivity (Wildman–Crippen MR) is 65.9 cm³/mol. The lowest BCUT2D eigenvalue weighted by atomic mass is 10.3. The topological polar surface area (TPSA) is 66.9 Å². The maximum Gasteiger partial charge on any atom is 0.323 e. The van der Waals surface area contributed by atoms with Gasteiger partial charge in [0.2, 0.25) is 0 Å². The van der Waals surface area contributed by atoms with Crippen molar-refractivity contribution >= 4 is 17.4 Å². The Morgan fingerprint density at radius 3 is 2.71 bits per heavy atom. The van der Waals surface area contributed by atoms with Crippen LogP contribution in [0.3, 0.4) is 0 Å². The van der Waals surface area contributed by atoms with Crippen LogP contribution in [0.15, 0.2) is 42.9 Å². The van der Waals surface area contributed by atoms with E-state index in [2.05, 4.69) is 20.6 Å². The number of rotatable bonds is 2. The smallest absolute Gasteiger partial charge is 0.308 e. The molecule has 2 heterocycles. The van der Waals surface area contributed by atoms with Gasteiger partial charge >= 0.3 is 6.03 Å². The summed E-state index contributed by atoms with van der Waals surface area (Å²) in [4.78, 5) is 19.6. The maximum atomic E-state index is 11.6. The highest BCUT2D eigenvalue weighted by Gasteiger charge is 2.02. The summed E-state index contributed by atoms with van der Waals surface area (Å²) >= 11 is 0. The molecule has 2 N–H and O–H groups in total. The molecule has 0 aliphatic carbocycles. The Kier molecular flexibility index (Phi) is 3.30. The Hall–Kier alpha value is -2.43. The molecule has 86 valence electrons. The number of nitrogens with one attached hydrogen (secondary N) is 2. The molecule has 17 heavy (non-hydrogen) atoms. The van der Waals surface area contributed by atoms with E-state index in [-0.39, 0.29) is 6.03 Å². The van der Waals surface area contributed by atoms with Crippen molar-refractivity contribution in [2.24, 2.45) is 0 Å². The molecule has 2 aromatic heterocycles. The fourth-order valence-corrected chi connectivity index (χ4v) is 1.35.